The molecule has 1 atom stereocenters. The van der Waals surface area contributed by atoms with Crippen molar-refractivity contribution in [3.8, 4) is 17.2 Å². The topological polar surface area (TPSA) is 77.0 Å². The Kier molecular flexibility index (Phi) is 5.63. The number of carbonyl (C=O) groups excluding carboxylic acids is 1. The number of aliphatic hydroxyl groups is 1. The third kappa shape index (κ3) is 4.46. The molecule has 138 valence electrons. The molecule has 1 aliphatic rings. The van der Waals surface area contributed by atoms with Crippen molar-refractivity contribution >= 4 is 5.91 Å². The van der Waals surface area contributed by atoms with Crippen LogP contribution in [-0.4, -0.2) is 37.4 Å². The van der Waals surface area contributed by atoms with Crippen molar-refractivity contribution in [2.75, 3.05) is 26.4 Å². The molecule has 1 heterocycles. The maximum absolute atomic E-state index is 11.9. The van der Waals surface area contributed by atoms with Crippen LogP contribution in [-0.2, 0) is 4.79 Å². The summed E-state index contributed by atoms with van der Waals surface area (Å²) in [6, 6.07) is 10.9. The van der Waals surface area contributed by atoms with Crippen LogP contribution in [0.1, 0.15) is 22.8 Å². The van der Waals surface area contributed by atoms with Crippen molar-refractivity contribution in [1.29, 1.82) is 0 Å². The highest BCUT2D eigenvalue weighted by atomic mass is 16.6. The minimum Gasteiger partial charge on any atom is -0.486 e. The second-order valence-corrected chi connectivity index (χ2v) is 6.26. The number of aryl methyl sites for hydroxylation is 2. The van der Waals surface area contributed by atoms with E-state index in [4.69, 9.17) is 14.2 Å². The molecule has 1 amide bonds. The molecule has 0 saturated heterocycles. The number of rotatable bonds is 6. The zero-order chi connectivity index (χ0) is 18.5. The van der Waals surface area contributed by atoms with E-state index >= 15 is 0 Å². The van der Waals surface area contributed by atoms with Crippen molar-refractivity contribution in [2.24, 2.45) is 0 Å². The van der Waals surface area contributed by atoms with E-state index in [1.54, 1.807) is 18.2 Å². The first-order valence-electron chi connectivity index (χ1n) is 8.57. The third-order valence-corrected chi connectivity index (χ3v) is 4.29. The lowest BCUT2D eigenvalue weighted by Crippen LogP contribution is -2.32. The van der Waals surface area contributed by atoms with Crippen LogP contribution in [0.15, 0.2) is 36.4 Å². The Labute approximate surface area is 152 Å². The summed E-state index contributed by atoms with van der Waals surface area (Å²) < 4.78 is 16.4. The Morgan fingerprint density at radius 2 is 1.88 bits per heavy atom. The van der Waals surface area contributed by atoms with Gasteiger partial charge >= 0.3 is 0 Å². The molecule has 0 bridgehead atoms. The molecule has 0 saturated carbocycles. The molecule has 6 heteroatoms. The van der Waals surface area contributed by atoms with Gasteiger partial charge in [-0.3, -0.25) is 4.79 Å². The van der Waals surface area contributed by atoms with E-state index in [-0.39, 0.29) is 19.1 Å². The molecule has 0 aromatic heterocycles. The van der Waals surface area contributed by atoms with Crippen molar-refractivity contribution in [3.63, 3.8) is 0 Å². The molecule has 1 unspecified atom stereocenters. The summed E-state index contributed by atoms with van der Waals surface area (Å²) in [6.45, 7) is 5.01. The molecular formula is C20H23NO5. The maximum atomic E-state index is 11.9. The summed E-state index contributed by atoms with van der Waals surface area (Å²) in [5.74, 6) is 1.63. The Balaban J connectivity index is 1.48. The fraction of sp³-hybridized carbons (Fsp3) is 0.350. The van der Waals surface area contributed by atoms with Gasteiger partial charge in [-0.1, -0.05) is 12.1 Å². The van der Waals surface area contributed by atoms with E-state index in [1.165, 1.54) is 5.56 Å². The molecule has 0 fully saturated rings. The maximum Gasteiger partial charge on any atom is 0.258 e. The molecule has 2 aromatic rings. The molecule has 0 spiro atoms. The second-order valence-electron chi connectivity index (χ2n) is 6.26. The SMILES string of the molecule is Cc1ccc(OCC(=O)NCC(O)c2ccc3c(c2)OCCO3)cc1C. The standard InChI is InChI=1S/C20H23NO5/c1-13-3-5-16(9-14(13)2)26-12-20(23)21-11-17(22)15-4-6-18-19(10-15)25-8-7-24-18/h3-6,9-10,17,22H,7-8,11-12H2,1-2H3,(H,21,23). The summed E-state index contributed by atoms with van der Waals surface area (Å²) in [5.41, 5.74) is 2.94. The first kappa shape index (κ1) is 18.1. The number of aliphatic hydroxyl groups excluding tert-OH is 1. The average Bonchev–Trinajstić information content (AvgIpc) is 2.66. The number of fused-ring (bicyclic) bond motifs is 1. The van der Waals surface area contributed by atoms with Crippen molar-refractivity contribution in [3.05, 3.63) is 53.1 Å². The van der Waals surface area contributed by atoms with Crippen LogP contribution in [0.4, 0.5) is 0 Å². The van der Waals surface area contributed by atoms with Gasteiger partial charge in [-0.2, -0.15) is 0 Å². The van der Waals surface area contributed by atoms with E-state index in [9.17, 15) is 9.90 Å². The van der Waals surface area contributed by atoms with Gasteiger partial charge in [0.2, 0.25) is 0 Å². The van der Waals surface area contributed by atoms with Crippen LogP contribution in [0.25, 0.3) is 0 Å². The molecule has 0 aliphatic carbocycles. The van der Waals surface area contributed by atoms with Crippen LogP contribution in [0.5, 0.6) is 17.2 Å². The summed E-state index contributed by atoms with van der Waals surface area (Å²) >= 11 is 0. The Hall–Kier alpha value is -2.73. The van der Waals surface area contributed by atoms with Gasteiger partial charge in [-0.15, -0.1) is 0 Å². The Morgan fingerprint density at radius 3 is 2.65 bits per heavy atom. The molecule has 26 heavy (non-hydrogen) atoms. The molecule has 0 radical (unpaired) electrons. The van der Waals surface area contributed by atoms with Gasteiger partial charge in [0.25, 0.3) is 5.91 Å². The van der Waals surface area contributed by atoms with Gasteiger partial charge in [0.15, 0.2) is 18.1 Å². The second kappa shape index (κ2) is 8.10. The van der Waals surface area contributed by atoms with E-state index < -0.39 is 6.10 Å². The summed E-state index contributed by atoms with van der Waals surface area (Å²) in [7, 11) is 0. The lowest BCUT2D eigenvalue weighted by Gasteiger charge is -2.20. The zero-order valence-electron chi connectivity index (χ0n) is 15.0. The van der Waals surface area contributed by atoms with Crippen LogP contribution >= 0.6 is 0 Å². The zero-order valence-corrected chi connectivity index (χ0v) is 15.0. The predicted molar refractivity (Wildman–Crippen MR) is 96.8 cm³/mol. The highest BCUT2D eigenvalue weighted by Crippen LogP contribution is 2.32. The van der Waals surface area contributed by atoms with Gasteiger partial charge in [0.1, 0.15) is 19.0 Å². The van der Waals surface area contributed by atoms with Crippen LogP contribution in [0.3, 0.4) is 0 Å². The normalized spacial score (nSPS) is 13.8. The minimum atomic E-state index is -0.837. The Morgan fingerprint density at radius 1 is 1.12 bits per heavy atom. The molecule has 1 aliphatic heterocycles. The number of hydrogen-bond acceptors (Lipinski definition) is 5. The molecule has 2 N–H and O–H groups in total. The lowest BCUT2D eigenvalue weighted by molar-refractivity contribution is -0.123. The smallest absolute Gasteiger partial charge is 0.258 e. The van der Waals surface area contributed by atoms with E-state index in [0.29, 0.717) is 36.0 Å². The number of carbonyl (C=O) groups is 1. The largest absolute Gasteiger partial charge is 0.486 e. The van der Waals surface area contributed by atoms with Crippen molar-refractivity contribution < 1.29 is 24.1 Å². The quantitative estimate of drug-likeness (QED) is 0.830. The van der Waals surface area contributed by atoms with Gasteiger partial charge in [-0.05, 0) is 54.8 Å². The van der Waals surface area contributed by atoms with E-state index in [2.05, 4.69) is 5.32 Å². The Bertz CT molecular complexity index is 790. The van der Waals surface area contributed by atoms with Crippen LogP contribution < -0.4 is 19.5 Å². The van der Waals surface area contributed by atoms with Crippen LogP contribution in [0.2, 0.25) is 0 Å². The first-order chi connectivity index (χ1) is 12.5. The number of ether oxygens (including phenoxy) is 3. The highest BCUT2D eigenvalue weighted by molar-refractivity contribution is 5.77. The summed E-state index contributed by atoms with van der Waals surface area (Å²) in [5, 5.41) is 12.9. The monoisotopic (exact) mass is 357 g/mol. The minimum absolute atomic E-state index is 0.0920. The van der Waals surface area contributed by atoms with E-state index in [0.717, 1.165) is 5.56 Å². The average molecular weight is 357 g/mol. The van der Waals surface area contributed by atoms with Crippen LogP contribution in [0, 0.1) is 13.8 Å². The number of benzene rings is 2. The molecule has 3 rings (SSSR count). The fourth-order valence-corrected chi connectivity index (χ4v) is 2.60. The van der Waals surface area contributed by atoms with Crippen molar-refractivity contribution in [2.45, 2.75) is 20.0 Å². The fourth-order valence-electron chi connectivity index (χ4n) is 2.60. The van der Waals surface area contributed by atoms with Crippen molar-refractivity contribution in [1.82, 2.24) is 5.32 Å². The first-order valence-corrected chi connectivity index (χ1v) is 8.57. The van der Waals surface area contributed by atoms with E-state index in [1.807, 2.05) is 32.0 Å². The van der Waals surface area contributed by atoms with Gasteiger partial charge < -0.3 is 24.6 Å². The number of hydrogen-bond donors (Lipinski definition) is 2. The summed E-state index contributed by atoms with van der Waals surface area (Å²) in [4.78, 5) is 11.9. The molecule has 2 aromatic carbocycles. The lowest BCUT2D eigenvalue weighted by atomic mass is 10.1. The number of amides is 1. The third-order valence-electron chi connectivity index (χ3n) is 4.29. The number of nitrogens with one attached hydrogen (secondary N) is 1. The highest BCUT2D eigenvalue weighted by Gasteiger charge is 2.16. The molecular weight excluding hydrogens is 334 g/mol. The van der Waals surface area contributed by atoms with Gasteiger partial charge in [0, 0.05) is 6.54 Å². The molecule has 6 nitrogen and oxygen atoms in total. The van der Waals surface area contributed by atoms with Gasteiger partial charge in [-0.25, -0.2) is 0 Å². The summed E-state index contributed by atoms with van der Waals surface area (Å²) in [6.07, 6.45) is -0.837. The predicted octanol–water partition coefficient (Wildman–Crippen LogP) is 2.30. The van der Waals surface area contributed by atoms with Gasteiger partial charge in [0.05, 0.1) is 6.10 Å².